The lowest BCUT2D eigenvalue weighted by molar-refractivity contribution is -0.182. The van der Waals surface area contributed by atoms with Crippen LogP contribution in [0.4, 0.5) is 9.18 Å². The summed E-state index contributed by atoms with van der Waals surface area (Å²) < 4.78 is 39.6. The van der Waals surface area contributed by atoms with Gasteiger partial charge in [0.2, 0.25) is 0 Å². The molecule has 12 aliphatic heterocycles. The number of likely N-dealkylation sites (tertiary alicyclic amines) is 5. The smallest absolute Gasteiger partial charge is 0.410 e. The van der Waals surface area contributed by atoms with E-state index in [0.29, 0.717) is 5.41 Å². The highest BCUT2D eigenvalue weighted by molar-refractivity contribution is 8.03. The normalized spacial score (nSPS) is 28.6. The second kappa shape index (κ2) is 38.9. The molecule has 13 fully saturated rings. The molecule has 1 atom stereocenters. The Balaban J connectivity index is 0.000000182. The Morgan fingerprint density at radius 2 is 0.875 bits per heavy atom. The fourth-order valence-electron chi connectivity index (χ4n) is 13.1. The van der Waals surface area contributed by atoms with Gasteiger partial charge in [0, 0.05) is 186 Å². The first-order chi connectivity index (χ1) is 41.6. The Kier molecular flexibility index (Phi) is 34.1. The van der Waals surface area contributed by atoms with Gasteiger partial charge < -0.3 is 73.0 Å². The van der Waals surface area contributed by atoms with E-state index in [0.717, 1.165) is 135 Å². The van der Waals surface area contributed by atoms with E-state index in [9.17, 15) is 13.4 Å². The molecule has 0 aromatic rings. The standard InChI is InChI=1S/C11H22N2.C10H20N2O2.C8H16N2.C8H18N2.C7H13NOS.C6H12FN.C6H14N2.C6H11NO.C5H11NO/c1-12-9-5-11(6-10-12)13-7-3-2-4-8-13;1-10(2,3)14-9(13)12-7-5-11(4)6-8-12;1-9-4-6-10(7-5-9)8-2-3-8;1-8(2)10-6-4-9(3)5-7-10;1-8-5-7(6-8)3-4-10(7,2)9;1-8-4-2-6(7)3-5-8;1-7-3-5-8(2)6-4-7;1-7-2-6(3-7)4-8-5-6;1-6-2-4-7-5-3-6/h11H,2-10H2,1H3;5-8H2,1-4H3;8H,2-7H2,1H3;8H,4-7H2,1-3H3;2-6H2,1H3;6H,2-5H2,1H3;3-6H2,1-2H3;2-5H2,1H3;2-5H2,1H3. The van der Waals surface area contributed by atoms with Crippen LogP contribution in [0.15, 0.2) is 0 Å². The number of likely N-dealkylation sites (N-methyl/N-ethyl adjacent to an activating group) is 6. The molecule has 1 saturated carbocycles. The molecule has 2 spiro atoms. The maximum atomic E-state index is 12.3. The molecule has 12 heterocycles. The van der Waals surface area contributed by atoms with Crippen LogP contribution in [0.1, 0.15) is 98.8 Å². The summed E-state index contributed by atoms with van der Waals surface area (Å²) in [5.41, 5.74) is 0.231. The van der Waals surface area contributed by atoms with E-state index in [1.54, 1.807) is 4.90 Å². The van der Waals surface area contributed by atoms with Crippen LogP contribution >= 0.6 is 0 Å². The Bertz CT molecular complexity index is 1890. The van der Waals surface area contributed by atoms with Crippen LogP contribution in [0.5, 0.6) is 0 Å². The van der Waals surface area contributed by atoms with Crippen LogP contribution in [0.2, 0.25) is 0 Å². The van der Waals surface area contributed by atoms with Gasteiger partial charge in [-0.15, -0.1) is 0 Å². The molecule has 0 radical (unpaired) electrons. The topological polar surface area (TPSA) is 107 Å². The molecule has 19 nitrogen and oxygen atoms in total. The summed E-state index contributed by atoms with van der Waals surface area (Å²) in [4.78, 5) is 44.4. The highest BCUT2D eigenvalue weighted by Crippen LogP contribution is 2.41. The van der Waals surface area contributed by atoms with E-state index in [4.69, 9.17) is 14.2 Å². The van der Waals surface area contributed by atoms with Gasteiger partial charge >= 0.3 is 6.09 Å². The van der Waals surface area contributed by atoms with Crippen molar-refractivity contribution in [3.63, 3.8) is 0 Å². The maximum Gasteiger partial charge on any atom is 0.410 e. The SMILES string of the molecule is C=S1(=O)CCC12CN(C)C2.CC(C)N1CCN(C)CC1.CN1CC2(COC2)C1.CN1CCC(F)CC1.CN1CCC(N2CCCCC2)CC1.CN1CCN(C(=O)OC(C)(C)C)CC1.CN1CCN(C)CC1.CN1CCN(C2CC2)CC1.CN1CCOCC1. The lowest BCUT2D eigenvalue weighted by Gasteiger charge is -2.56. The van der Waals surface area contributed by atoms with Gasteiger partial charge in [0.25, 0.3) is 0 Å². The molecule has 0 N–H and O–H groups in total. The number of nitrogens with zero attached hydrogens (tertiary/aromatic N) is 14. The predicted octanol–water partition coefficient (Wildman–Crippen LogP) is 4.37. The van der Waals surface area contributed by atoms with Gasteiger partial charge in [-0.25, -0.2) is 9.18 Å². The van der Waals surface area contributed by atoms with Crippen LogP contribution < -0.4 is 0 Å². The van der Waals surface area contributed by atoms with Crippen molar-refractivity contribution in [3.8, 4) is 0 Å². The molecule has 88 heavy (non-hydrogen) atoms. The Morgan fingerprint density at radius 3 is 1.19 bits per heavy atom. The predicted molar refractivity (Wildman–Crippen MR) is 368 cm³/mol. The van der Waals surface area contributed by atoms with Crippen LogP contribution in [-0.4, -0.2) is 405 Å². The number of ether oxygens (including phenoxy) is 3. The van der Waals surface area contributed by atoms with Gasteiger partial charge in [-0.1, -0.05) is 6.42 Å². The van der Waals surface area contributed by atoms with Crippen molar-refractivity contribution < 1.29 is 27.6 Å². The van der Waals surface area contributed by atoms with Crippen LogP contribution in [0.25, 0.3) is 0 Å². The average molecular weight is 1270 g/mol. The minimum absolute atomic E-state index is 0.155. The van der Waals surface area contributed by atoms with E-state index >= 15 is 0 Å². The first-order valence-corrected chi connectivity index (χ1v) is 36.7. The van der Waals surface area contributed by atoms with E-state index in [-0.39, 0.29) is 16.4 Å². The molecule has 1 amide bonds. The summed E-state index contributed by atoms with van der Waals surface area (Å²) in [5, 5.41) is 0. The first-order valence-electron chi connectivity index (χ1n) is 34.8. The number of piperazine rings is 4. The zero-order valence-corrected chi connectivity index (χ0v) is 60.3. The number of morpholine rings is 1. The third kappa shape index (κ3) is 29.1. The minimum atomic E-state index is -1.66. The second-order valence-corrected chi connectivity index (χ2v) is 33.1. The summed E-state index contributed by atoms with van der Waals surface area (Å²) in [6.45, 7) is 46.4. The molecule has 0 aromatic heterocycles. The third-order valence-corrected chi connectivity index (χ3v) is 23.0. The monoisotopic (exact) mass is 1270 g/mol. The number of carbonyl (C=O) groups is 1. The summed E-state index contributed by atoms with van der Waals surface area (Å²) in [6.07, 6.45) is 12.0. The molecule has 1 unspecified atom stereocenters. The molecule has 1 aliphatic carbocycles. The van der Waals surface area contributed by atoms with E-state index in [2.05, 4.69) is 147 Å². The molecule has 12 saturated heterocycles. The van der Waals surface area contributed by atoms with Crippen molar-refractivity contribution in [3.05, 3.63) is 0 Å². The lowest BCUT2D eigenvalue weighted by atomic mass is 9.79. The quantitative estimate of drug-likeness (QED) is 0.373. The van der Waals surface area contributed by atoms with Gasteiger partial charge in [0.1, 0.15) is 11.8 Å². The van der Waals surface area contributed by atoms with Crippen molar-refractivity contribution in [1.29, 1.82) is 0 Å². The van der Waals surface area contributed by atoms with Gasteiger partial charge in [0.05, 0.1) is 31.2 Å². The number of rotatable bonds is 3. The van der Waals surface area contributed by atoms with Crippen LogP contribution in [-0.2, 0) is 23.7 Å². The van der Waals surface area contributed by atoms with Crippen molar-refractivity contribution in [2.75, 3.05) is 286 Å². The number of amides is 1. The Labute approximate surface area is 540 Å². The zero-order chi connectivity index (χ0) is 64.5. The third-order valence-electron chi connectivity index (χ3n) is 20.0. The summed E-state index contributed by atoms with van der Waals surface area (Å²) in [6, 6.07) is 2.62. The highest BCUT2D eigenvalue weighted by Gasteiger charge is 2.54. The molecular weight excluding hydrogens is 1130 g/mol. The van der Waals surface area contributed by atoms with Crippen molar-refractivity contribution >= 4 is 21.5 Å². The fraction of sp³-hybridized carbons (Fsp3) is 0.970. The summed E-state index contributed by atoms with van der Waals surface area (Å²) in [5.74, 6) is 4.65. The highest BCUT2D eigenvalue weighted by atomic mass is 32.2. The molecule has 13 rings (SSSR count). The average Bonchev–Trinajstić information content (AvgIpc) is 1.68. The maximum absolute atomic E-state index is 12.3. The molecule has 0 bridgehead atoms. The van der Waals surface area contributed by atoms with E-state index in [1.165, 1.54) is 163 Å². The molecular formula is C67H137FN14O5S. The largest absolute Gasteiger partial charge is 0.444 e. The van der Waals surface area contributed by atoms with Crippen LogP contribution in [0, 0.1) is 5.41 Å². The molecule has 0 aromatic carbocycles. The van der Waals surface area contributed by atoms with Crippen LogP contribution in [0.3, 0.4) is 0 Å². The van der Waals surface area contributed by atoms with Gasteiger partial charge in [-0.2, -0.15) is 0 Å². The minimum Gasteiger partial charge on any atom is -0.444 e. The van der Waals surface area contributed by atoms with E-state index in [1.807, 2.05) is 27.8 Å². The zero-order valence-electron chi connectivity index (χ0n) is 59.5. The molecule has 518 valence electrons. The first kappa shape index (κ1) is 77.3. The molecule has 13 aliphatic rings. The van der Waals surface area contributed by atoms with E-state index < -0.39 is 15.7 Å². The Morgan fingerprint density at radius 1 is 0.489 bits per heavy atom. The lowest BCUT2D eigenvalue weighted by Crippen LogP contribution is -2.70. The summed E-state index contributed by atoms with van der Waals surface area (Å²) in [7, 11) is 19.8. The summed E-state index contributed by atoms with van der Waals surface area (Å²) >= 11 is 0. The number of halogens is 1. The number of alkyl halides is 1. The fourth-order valence-corrected chi connectivity index (χ4v) is 15.2. The second-order valence-electron chi connectivity index (χ2n) is 30.2. The van der Waals surface area contributed by atoms with Gasteiger partial charge in [-0.3, -0.25) is 14.0 Å². The number of hydrogen-bond donors (Lipinski definition) is 0. The number of carbonyl (C=O) groups excluding carboxylic acids is 1. The van der Waals surface area contributed by atoms with Crippen molar-refractivity contribution in [2.45, 2.75) is 133 Å². The number of hydrogen-bond acceptors (Lipinski definition) is 18. The van der Waals surface area contributed by atoms with Gasteiger partial charge in [0.15, 0.2) is 0 Å². The Hall–Kier alpha value is -1.38. The van der Waals surface area contributed by atoms with Gasteiger partial charge in [-0.05, 0) is 204 Å². The molecule has 21 heteroatoms. The number of piperidine rings is 3. The van der Waals surface area contributed by atoms with Crippen molar-refractivity contribution in [2.24, 2.45) is 5.41 Å². The van der Waals surface area contributed by atoms with Crippen molar-refractivity contribution in [1.82, 2.24) is 68.6 Å².